The lowest BCUT2D eigenvalue weighted by atomic mass is 10.1. The number of esters is 1. The van der Waals surface area contributed by atoms with E-state index in [1.54, 1.807) is 26.8 Å². The van der Waals surface area contributed by atoms with E-state index in [1.165, 1.54) is 5.56 Å². The van der Waals surface area contributed by atoms with Gasteiger partial charge in [-0.3, -0.25) is 4.79 Å². The number of carbonyl (C=O) groups is 2. The second kappa shape index (κ2) is 10.6. The maximum absolute atomic E-state index is 12.1. The van der Waals surface area contributed by atoms with Crippen molar-refractivity contribution < 1.29 is 19.1 Å². The number of carbonyl (C=O) groups excluding carboxylic acids is 2. The van der Waals surface area contributed by atoms with E-state index >= 15 is 0 Å². The van der Waals surface area contributed by atoms with Gasteiger partial charge in [0.25, 0.3) is 0 Å². The number of aryl methyl sites for hydroxylation is 2. The fourth-order valence-electron chi connectivity index (χ4n) is 2.86. The zero-order chi connectivity index (χ0) is 22.1. The first-order valence-electron chi connectivity index (χ1n) is 10.2. The molecule has 0 heterocycles. The Hall–Kier alpha value is -3.08. The predicted octanol–water partition coefficient (Wildman–Crippen LogP) is 4.40. The molecule has 30 heavy (non-hydrogen) atoms. The monoisotopic (exact) mass is 409 g/mol. The topological polar surface area (TPSA) is 64.6 Å². The first-order valence-corrected chi connectivity index (χ1v) is 10.2. The third-order valence-corrected chi connectivity index (χ3v) is 4.63. The lowest BCUT2D eigenvalue weighted by molar-refractivity contribution is -0.158. The van der Waals surface area contributed by atoms with Crippen molar-refractivity contribution in [3.63, 3.8) is 0 Å². The Labute approximate surface area is 179 Å². The van der Waals surface area contributed by atoms with Crippen LogP contribution in [0, 0.1) is 13.8 Å². The molecule has 1 N–H and O–H groups in total. The molecule has 2 aromatic carbocycles. The van der Waals surface area contributed by atoms with Crippen molar-refractivity contribution in [3.8, 4) is 5.75 Å². The molecule has 2 rings (SSSR count). The first kappa shape index (κ1) is 23.2. The highest BCUT2D eigenvalue weighted by molar-refractivity contribution is 5.91. The van der Waals surface area contributed by atoms with E-state index in [9.17, 15) is 9.59 Å². The summed E-state index contributed by atoms with van der Waals surface area (Å²) in [6, 6.07) is 13.7. The molecule has 5 heteroatoms. The summed E-state index contributed by atoms with van der Waals surface area (Å²) in [5.41, 5.74) is 3.37. The number of hydrogen-bond acceptors (Lipinski definition) is 4. The van der Waals surface area contributed by atoms with Crippen LogP contribution >= 0.6 is 0 Å². The Bertz CT molecular complexity index is 898. The molecular weight excluding hydrogens is 378 g/mol. The molecule has 0 fully saturated rings. The number of benzene rings is 2. The minimum absolute atomic E-state index is 0.118. The van der Waals surface area contributed by atoms with Crippen LogP contribution in [0.1, 0.15) is 43.0 Å². The van der Waals surface area contributed by atoms with Crippen LogP contribution in [-0.4, -0.2) is 30.6 Å². The SMILES string of the molecule is CCOC(=O)C(C)(C)Oc1ccc(CCNC(=O)C=Cc2cc(C)ccc2C)cc1. The number of hydrogen-bond donors (Lipinski definition) is 1. The van der Waals surface area contributed by atoms with Crippen molar-refractivity contribution in [1.82, 2.24) is 5.32 Å². The first-order chi connectivity index (χ1) is 14.2. The second-order valence-electron chi connectivity index (χ2n) is 7.71. The Morgan fingerprint density at radius 2 is 1.77 bits per heavy atom. The molecule has 160 valence electrons. The lowest BCUT2D eigenvalue weighted by Gasteiger charge is -2.24. The molecule has 0 radical (unpaired) electrons. The molecule has 2 aromatic rings. The average Bonchev–Trinajstić information content (AvgIpc) is 2.70. The van der Waals surface area contributed by atoms with E-state index in [-0.39, 0.29) is 5.91 Å². The Balaban J connectivity index is 1.82. The standard InChI is InChI=1S/C25H31NO4/c1-6-29-24(28)25(4,5)30-22-12-9-20(10-13-22)15-16-26-23(27)14-11-21-17-18(2)7-8-19(21)3/h7-14,17H,6,15-16H2,1-5H3,(H,26,27). The third kappa shape index (κ3) is 7.07. The summed E-state index contributed by atoms with van der Waals surface area (Å²) >= 11 is 0. The smallest absolute Gasteiger partial charge is 0.349 e. The summed E-state index contributed by atoms with van der Waals surface area (Å²) in [6.07, 6.45) is 4.11. The van der Waals surface area contributed by atoms with Crippen molar-refractivity contribution in [2.45, 2.75) is 46.6 Å². The van der Waals surface area contributed by atoms with Crippen LogP contribution in [0.5, 0.6) is 5.75 Å². The molecule has 0 aliphatic carbocycles. The number of ether oxygens (including phenoxy) is 2. The molecule has 0 saturated heterocycles. The second-order valence-corrected chi connectivity index (χ2v) is 7.71. The van der Waals surface area contributed by atoms with Crippen molar-refractivity contribution in [2.75, 3.05) is 13.2 Å². The normalized spacial score (nSPS) is 11.4. The highest BCUT2D eigenvalue weighted by Crippen LogP contribution is 2.20. The van der Waals surface area contributed by atoms with Crippen molar-refractivity contribution >= 4 is 18.0 Å². The summed E-state index contributed by atoms with van der Waals surface area (Å²) in [5, 5.41) is 2.90. The minimum atomic E-state index is -1.05. The zero-order valence-corrected chi connectivity index (χ0v) is 18.5. The summed E-state index contributed by atoms with van der Waals surface area (Å²) in [4.78, 5) is 24.0. The van der Waals surface area contributed by atoms with Crippen LogP contribution in [0.4, 0.5) is 0 Å². The van der Waals surface area contributed by atoms with E-state index in [0.717, 1.165) is 16.7 Å². The van der Waals surface area contributed by atoms with Crippen molar-refractivity contribution in [3.05, 3.63) is 70.8 Å². The molecule has 0 aromatic heterocycles. The lowest BCUT2D eigenvalue weighted by Crippen LogP contribution is -2.39. The molecule has 1 amide bonds. The Kier molecular flexibility index (Phi) is 8.22. The van der Waals surface area contributed by atoms with Gasteiger partial charge in [-0.15, -0.1) is 0 Å². The van der Waals surface area contributed by atoms with Gasteiger partial charge in [0.05, 0.1) is 6.61 Å². The molecule has 0 aliphatic rings. The summed E-state index contributed by atoms with van der Waals surface area (Å²) < 4.78 is 10.8. The summed E-state index contributed by atoms with van der Waals surface area (Å²) in [5.74, 6) is 0.0787. The van der Waals surface area contributed by atoms with Crippen molar-refractivity contribution in [2.24, 2.45) is 0 Å². The van der Waals surface area contributed by atoms with Gasteiger partial charge in [0.15, 0.2) is 5.60 Å². The van der Waals surface area contributed by atoms with Gasteiger partial charge >= 0.3 is 5.97 Å². The summed E-state index contributed by atoms with van der Waals surface area (Å²) in [6.45, 7) is 10.0. The van der Waals surface area contributed by atoms with Crippen LogP contribution in [0.2, 0.25) is 0 Å². The fourth-order valence-corrected chi connectivity index (χ4v) is 2.86. The molecule has 0 aliphatic heterocycles. The number of nitrogens with one attached hydrogen (secondary N) is 1. The van der Waals surface area contributed by atoms with Crippen LogP contribution in [-0.2, 0) is 20.7 Å². The van der Waals surface area contributed by atoms with E-state index in [0.29, 0.717) is 25.3 Å². The number of rotatable bonds is 9. The molecule has 0 unspecified atom stereocenters. The summed E-state index contributed by atoms with van der Waals surface area (Å²) in [7, 11) is 0. The van der Waals surface area contributed by atoms with Gasteiger partial charge in [0, 0.05) is 12.6 Å². The molecule has 0 atom stereocenters. The Morgan fingerprint density at radius 3 is 2.43 bits per heavy atom. The molecule has 0 saturated carbocycles. The van der Waals surface area contributed by atoms with Gasteiger partial charge < -0.3 is 14.8 Å². The molecule has 5 nitrogen and oxygen atoms in total. The maximum Gasteiger partial charge on any atom is 0.349 e. The average molecular weight is 410 g/mol. The van der Waals surface area contributed by atoms with Gasteiger partial charge in [-0.2, -0.15) is 0 Å². The largest absolute Gasteiger partial charge is 0.476 e. The Morgan fingerprint density at radius 1 is 1.07 bits per heavy atom. The van der Waals surface area contributed by atoms with Gasteiger partial charge in [-0.05, 0) is 75.9 Å². The van der Waals surface area contributed by atoms with Gasteiger partial charge in [0.1, 0.15) is 5.75 Å². The van der Waals surface area contributed by atoms with Crippen molar-refractivity contribution in [1.29, 1.82) is 0 Å². The van der Waals surface area contributed by atoms with Crippen LogP contribution in [0.3, 0.4) is 0 Å². The molecule has 0 bridgehead atoms. The molecule has 0 spiro atoms. The minimum Gasteiger partial charge on any atom is -0.476 e. The highest BCUT2D eigenvalue weighted by atomic mass is 16.6. The zero-order valence-electron chi connectivity index (χ0n) is 18.5. The highest BCUT2D eigenvalue weighted by Gasteiger charge is 2.31. The van der Waals surface area contributed by atoms with Gasteiger partial charge in [0.2, 0.25) is 5.91 Å². The van der Waals surface area contributed by atoms with E-state index in [1.807, 2.05) is 50.3 Å². The maximum atomic E-state index is 12.1. The van der Waals surface area contributed by atoms with Gasteiger partial charge in [-0.1, -0.05) is 35.9 Å². The van der Waals surface area contributed by atoms with Crippen LogP contribution in [0.15, 0.2) is 48.5 Å². The third-order valence-electron chi connectivity index (χ3n) is 4.63. The van der Waals surface area contributed by atoms with E-state index in [2.05, 4.69) is 17.4 Å². The number of amides is 1. The van der Waals surface area contributed by atoms with Crippen LogP contribution in [0.25, 0.3) is 6.08 Å². The fraction of sp³-hybridized carbons (Fsp3) is 0.360. The predicted molar refractivity (Wildman–Crippen MR) is 119 cm³/mol. The van der Waals surface area contributed by atoms with Crippen LogP contribution < -0.4 is 10.1 Å². The van der Waals surface area contributed by atoms with E-state index in [4.69, 9.17) is 9.47 Å². The van der Waals surface area contributed by atoms with E-state index < -0.39 is 11.6 Å². The molecular formula is C25H31NO4. The quantitative estimate of drug-likeness (QED) is 0.493. The van der Waals surface area contributed by atoms with Gasteiger partial charge in [-0.25, -0.2) is 4.79 Å².